The Morgan fingerprint density at radius 3 is 2.48 bits per heavy atom. The Bertz CT molecular complexity index is 671. The van der Waals surface area contributed by atoms with E-state index in [4.69, 9.17) is 0 Å². The minimum Gasteiger partial charge on any atom is -0.354 e. The number of benzene rings is 1. The Hall–Kier alpha value is -1.56. The highest BCUT2D eigenvalue weighted by Crippen LogP contribution is 2.24. The summed E-state index contributed by atoms with van der Waals surface area (Å²) in [5.41, 5.74) is 2.43. The van der Waals surface area contributed by atoms with Crippen molar-refractivity contribution in [1.82, 2.24) is 5.32 Å². The van der Waals surface area contributed by atoms with Crippen molar-refractivity contribution in [3.05, 3.63) is 29.3 Å². The molecule has 0 fully saturated rings. The largest absolute Gasteiger partial charge is 0.354 e. The summed E-state index contributed by atoms with van der Waals surface area (Å²) in [5, 5.41) is 2.90. The van der Waals surface area contributed by atoms with Gasteiger partial charge in [0.2, 0.25) is 15.9 Å². The van der Waals surface area contributed by atoms with E-state index in [-0.39, 0.29) is 12.5 Å². The van der Waals surface area contributed by atoms with E-state index >= 15 is 0 Å². The Morgan fingerprint density at radius 1 is 1.24 bits per heavy atom. The third-order valence-corrected chi connectivity index (χ3v) is 5.79. The number of unbranched alkanes of at least 4 members (excludes halogenated alkanes) is 1. The average Bonchev–Trinajstić information content (AvgIpc) is 2.55. The maximum Gasteiger partial charge on any atom is 0.240 e. The molecule has 0 spiro atoms. The van der Waals surface area contributed by atoms with Crippen LogP contribution in [-0.4, -0.2) is 33.7 Å². The molecule has 0 saturated heterocycles. The molecule has 1 N–H and O–H groups in total. The van der Waals surface area contributed by atoms with E-state index in [0.29, 0.717) is 18.2 Å². The number of anilines is 1. The molecular formula is C19H32N2O3S. The molecule has 0 aliphatic carbocycles. The molecule has 1 amide bonds. The van der Waals surface area contributed by atoms with Gasteiger partial charge in [-0.1, -0.05) is 45.2 Å². The summed E-state index contributed by atoms with van der Waals surface area (Å²) in [6.07, 6.45) is 5.51. The zero-order valence-corrected chi connectivity index (χ0v) is 16.9. The quantitative estimate of drug-likeness (QED) is 0.688. The molecule has 1 atom stereocenters. The standard InChI is InChI=1S/C19H32N2O3S/c1-6-8-11-17(7-2)13-20-19(22)14-21(25(5,23)24)18-12-9-10-15(3)16(18)4/h9-10,12,17H,6-8,11,13-14H2,1-5H3,(H,20,22)/t17-/m1/s1. The first-order valence-corrected chi connectivity index (χ1v) is 10.9. The van der Waals surface area contributed by atoms with Gasteiger partial charge < -0.3 is 5.32 Å². The van der Waals surface area contributed by atoms with Gasteiger partial charge in [0.25, 0.3) is 0 Å². The van der Waals surface area contributed by atoms with E-state index in [9.17, 15) is 13.2 Å². The number of hydrogen-bond acceptors (Lipinski definition) is 3. The van der Waals surface area contributed by atoms with Gasteiger partial charge in [0.15, 0.2) is 0 Å². The summed E-state index contributed by atoms with van der Waals surface area (Å²) >= 11 is 0. The highest BCUT2D eigenvalue weighted by Gasteiger charge is 2.23. The number of amides is 1. The van der Waals surface area contributed by atoms with E-state index in [2.05, 4.69) is 19.2 Å². The zero-order chi connectivity index (χ0) is 19.0. The third kappa shape index (κ3) is 6.69. The maximum atomic E-state index is 12.3. The molecular weight excluding hydrogens is 336 g/mol. The molecule has 0 radical (unpaired) electrons. The highest BCUT2D eigenvalue weighted by molar-refractivity contribution is 7.92. The molecule has 1 aromatic rings. The summed E-state index contributed by atoms with van der Waals surface area (Å²) in [4.78, 5) is 12.3. The summed E-state index contributed by atoms with van der Waals surface area (Å²) < 4.78 is 25.6. The number of sulfonamides is 1. The van der Waals surface area contributed by atoms with Crippen molar-refractivity contribution in [2.45, 2.75) is 53.4 Å². The van der Waals surface area contributed by atoms with Crippen LogP contribution < -0.4 is 9.62 Å². The number of nitrogens with one attached hydrogen (secondary N) is 1. The first kappa shape index (κ1) is 21.5. The fraction of sp³-hybridized carbons (Fsp3) is 0.632. The van der Waals surface area contributed by atoms with Gasteiger partial charge >= 0.3 is 0 Å². The normalized spacial score (nSPS) is 12.7. The predicted molar refractivity (Wildman–Crippen MR) is 104 cm³/mol. The van der Waals surface area contributed by atoms with Crippen LogP contribution in [0.4, 0.5) is 5.69 Å². The Kier molecular flexibility index (Phi) is 8.42. The third-order valence-electron chi connectivity index (χ3n) is 4.66. The second kappa shape index (κ2) is 9.80. The number of carbonyl (C=O) groups excluding carboxylic acids is 1. The Balaban J connectivity index is 2.83. The van der Waals surface area contributed by atoms with Gasteiger partial charge in [0, 0.05) is 6.54 Å². The minimum absolute atomic E-state index is 0.187. The number of hydrogen-bond donors (Lipinski definition) is 1. The second-order valence-electron chi connectivity index (χ2n) is 6.71. The van der Waals surface area contributed by atoms with Gasteiger partial charge in [0.1, 0.15) is 6.54 Å². The van der Waals surface area contributed by atoms with Crippen molar-refractivity contribution in [2.24, 2.45) is 5.92 Å². The van der Waals surface area contributed by atoms with E-state index in [1.165, 1.54) is 4.31 Å². The molecule has 0 aromatic heterocycles. The minimum atomic E-state index is -3.54. The van der Waals surface area contributed by atoms with Crippen LogP contribution in [-0.2, 0) is 14.8 Å². The Morgan fingerprint density at radius 2 is 1.92 bits per heavy atom. The molecule has 0 unspecified atom stereocenters. The second-order valence-corrected chi connectivity index (χ2v) is 8.62. The molecule has 142 valence electrons. The van der Waals surface area contributed by atoms with E-state index in [1.807, 2.05) is 26.0 Å². The van der Waals surface area contributed by atoms with Crippen molar-refractivity contribution >= 4 is 21.6 Å². The van der Waals surface area contributed by atoms with Gasteiger partial charge in [0.05, 0.1) is 11.9 Å². The van der Waals surface area contributed by atoms with Crippen molar-refractivity contribution in [3.63, 3.8) is 0 Å². The maximum absolute atomic E-state index is 12.3. The van der Waals surface area contributed by atoms with Crippen molar-refractivity contribution in [1.29, 1.82) is 0 Å². The zero-order valence-electron chi connectivity index (χ0n) is 16.1. The molecule has 1 aromatic carbocycles. The van der Waals surface area contributed by atoms with Crippen LogP contribution >= 0.6 is 0 Å². The van der Waals surface area contributed by atoms with E-state index in [1.54, 1.807) is 6.07 Å². The van der Waals surface area contributed by atoms with Crippen LogP contribution in [0.15, 0.2) is 18.2 Å². The fourth-order valence-electron chi connectivity index (χ4n) is 2.77. The van der Waals surface area contributed by atoms with Crippen molar-refractivity contribution in [3.8, 4) is 0 Å². The molecule has 0 aliphatic heterocycles. The number of aryl methyl sites for hydroxylation is 1. The van der Waals surface area contributed by atoms with Gasteiger partial charge in [-0.3, -0.25) is 9.10 Å². The molecule has 5 nitrogen and oxygen atoms in total. The fourth-order valence-corrected chi connectivity index (χ4v) is 3.68. The van der Waals surface area contributed by atoms with E-state index in [0.717, 1.165) is 43.1 Å². The molecule has 0 aliphatic rings. The lowest BCUT2D eigenvalue weighted by Crippen LogP contribution is -2.42. The molecule has 6 heteroatoms. The van der Waals surface area contributed by atoms with Crippen molar-refractivity contribution in [2.75, 3.05) is 23.7 Å². The monoisotopic (exact) mass is 368 g/mol. The lowest BCUT2D eigenvalue weighted by molar-refractivity contribution is -0.119. The molecule has 25 heavy (non-hydrogen) atoms. The highest BCUT2D eigenvalue weighted by atomic mass is 32.2. The van der Waals surface area contributed by atoms with Crippen molar-refractivity contribution < 1.29 is 13.2 Å². The van der Waals surface area contributed by atoms with Crippen LogP contribution in [0.1, 0.15) is 50.7 Å². The van der Waals surface area contributed by atoms with Gasteiger partial charge in [-0.25, -0.2) is 8.42 Å². The van der Waals surface area contributed by atoms with Gasteiger partial charge in [-0.2, -0.15) is 0 Å². The topological polar surface area (TPSA) is 66.5 Å². The first-order valence-electron chi connectivity index (χ1n) is 9.01. The number of rotatable bonds is 10. The smallest absolute Gasteiger partial charge is 0.240 e. The van der Waals surface area contributed by atoms with Crippen LogP contribution in [0.2, 0.25) is 0 Å². The van der Waals surface area contributed by atoms with Crippen LogP contribution in [0.3, 0.4) is 0 Å². The van der Waals surface area contributed by atoms with Gasteiger partial charge in [-0.15, -0.1) is 0 Å². The summed E-state index contributed by atoms with van der Waals surface area (Å²) in [7, 11) is -3.54. The van der Waals surface area contributed by atoms with Gasteiger partial charge in [-0.05, 0) is 43.4 Å². The average molecular weight is 369 g/mol. The molecule has 0 bridgehead atoms. The Labute approximate surface area is 152 Å². The molecule has 0 heterocycles. The lowest BCUT2D eigenvalue weighted by Gasteiger charge is -2.25. The first-order chi connectivity index (χ1) is 11.7. The molecule has 1 rings (SSSR count). The number of carbonyl (C=O) groups is 1. The van der Waals surface area contributed by atoms with Crippen LogP contribution in [0.25, 0.3) is 0 Å². The summed E-state index contributed by atoms with van der Waals surface area (Å²) in [5.74, 6) is 0.178. The number of nitrogens with zero attached hydrogens (tertiary/aromatic N) is 1. The van der Waals surface area contributed by atoms with E-state index < -0.39 is 10.0 Å². The SMILES string of the molecule is CCCC[C@@H](CC)CNC(=O)CN(c1cccc(C)c1C)S(C)(=O)=O. The van der Waals surface area contributed by atoms with Crippen LogP contribution in [0, 0.1) is 19.8 Å². The molecule has 0 saturated carbocycles. The lowest BCUT2D eigenvalue weighted by atomic mass is 9.99. The summed E-state index contributed by atoms with van der Waals surface area (Å²) in [6.45, 7) is 8.48. The summed E-state index contributed by atoms with van der Waals surface area (Å²) in [6, 6.07) is 5.48. The van der Waals surface area contributed by atoms with Crippen LogP contribution in [0.5, 0.6) is 0 Å². The predicted octanol–water partition coefficient (Wildman–Crippen LogP) is 3.40.